The van der Waals surface area contributed by atoms with Crippen molar-refractivity contribution < 1.29 is 27.9 Å². The van der Waals surface area contributed by atoms with Crippen LogP contribution in [0.15, 0.2) is 27.7 Å². The van der Waals surface area contributed by atoms with Gasteiger partial charge in [-0.2, -0.15) is 24.5 Å². The maximum absolute atomic E-state index is 12.2. The van der Waals surface area contributed by atoms with E-state index in [0.717, 1.165) is 18.8 Å². The minimum atomic E-state index is -5.08. The van der Waals surface area contributed by atoms with Crippen molar-refractivity contribution in [3.63, 3.8) is 0 Å². The summed E-state index contributed by atoms with van der Waals surface area (Å²) in [6.45, 7) is 2.57. The molecule has 0 atom stereocenters. The Labute approximate surface area is 167 Å². The number of fused-ring (bicyclic) bond motifs is 1. The van der Waals surface area contributed by atoms with Gasteiger partial charge in [0.2, 0.25) is 0 Å². The quantitative estimate of drug-likeness (QED) is 0.765. The lowest BCUT2D eigenvalue weighted by Crippen LogP contribution is -2.29. The summed E-state index contributed by atoms with van der Waals surface area (Å²) in [6, 6.07) is 3.29. The molecule has 12 heteroatoms. The minimum absolute atomic E-state index is 0.0416. The molecular formula is C17H19F3N4O4S. The van der Waals surface area contributed by atoms with Crippen LogP contribution in [0.4, 0.5) is 13.2 Å². The number of alkyl halides is 3. The number of hydrogen-bond donors (Lipinski definition) is 2. The fraction of sp³-hybridized carbons (Fsp3) is 0.412. The van der Waals surface area contributed by atoms with Crippen LogP contribution in [0.3, 0.4) is 0 Å². The first-order valence-corrected chi connectivity index (χ1v) is 9.41. The number of nitrogens with zero attached hydrogens (tertiary/aromatic N) is 3. The van der Waals surface area contributed by atoms with Gasteiger partial charge in [-0.1, -0.05) is 0 Å². The maximum Gasteiger partial charge on any atom is 0.490 e. The van der Waals surface area contributed by atoms with Crippen LogP contribution in [0.1, 0.15) is 28.3 Å². The number of carbonyl (C=O) groups excluding carboxylic acids is 1. The van der Waals surface area contributed by atoms with Crippen molar-refractivity contribution in [1.29, 1.82) is 0 Å². The first-order chi connectivity index (χ1) is 13.6. The van der Waals surface area contributed by atoms with Crippen LogP contribution in [0.2, 0.25) is 0 Å². The van der Waals surface area contributed by atoms with Crippen molar-refractivity contribution in [3.8, 4) is 0 Å². The Morgan fingerprint density at radius 2 is 2.03 bits per heavy atom. The van der Waals surface area contributed by atoms with Gasteiger partial charge in [0.25, 0.3) is 11.5 Å². The molecule has 0 bridgehead atoms. The van der Waals surface area contributed by atoms with Crippen LogP contribution < -0.4 is 10.9 Å². The minimum Gasteiger partial charge on any atom is -0.475 e. The van der Waals surface area contributed by atoms with E-state index in [-0.39, 0.29) is 18.0 Å². The molecule has 2 N–H and O–H groups in total. The van der Waals surface area contributed by atoms with E-state index in [1.807, 2.05) is 12.4 Å². The second kappa shape index (κ2) is 9.65. The van der Waals surface area contributed by atoms with E-state index >= 15 is 0 Å². The lowest BCUT2D eigenvalue weighted by molar-refractivity contribution is -0.192. The molecule has 8 nitrogen and oxygen atoms in total. The standard InChI is InChI=1S/C15H18N4O2S.C2HF3O2/c1-18-4-2-5-19-13(9-18)17-12(7-14(19)20)8-16-15(21)11-3-6-22-10-11;3-2(4,5)1(6)7/h3,6-7,10H,2,4-5,8-9H2,1H3,(H,16,21);(H,6,7). The number of rotatable bonds is 3. The molecule has 3 heterocycles. The number of carboxylic acids is 1. The number of nitrogens with one attached hydrogen (secondary N) is 1. The molecule has 0 aliphatic carbocycles. The average Bonchev–Trinajstić information content (AvgIpc) is 3.09. The van der Waals surface area contributed by atoms with Crippen molar-refractivity contribution in [2.45, 2.75) is 32.2 Å². The number of thiophene rings is 1. The molecule has 0 saturated heterocycles. The third-order valence-electron chi connectivity index (χ3n) is 3.93. The van der Waals surface area contributed by atoms with Crippen molar-refractivity contribution in [2.24, 2.45) is 0 Å². The molecule has 158 valence electrons. The first kappa shape index (κ1) is 22.6. The Morgan fingerprint density at radius 3 is 2.62 bits per heavy atom. The number of carbonyl (C=O) groups is 2. The summed E-state index contributed by atoms with van der Waals surface area (Å²) < 4.78 is 33.5. The lowest BCUT2D eigenvalue weighted by Gasteiger charge is -2.13. The van der Waals surface area contributed by atoms with Crippen LogP contribution in [-0.2, 0) is 24.4 Å². The molecule has 1 aliphatic rings. The molecule has 0 aromatic carbocycles. The van der Waals surface area contributed by atoms with Gasteiger partial charge < -0.3 is 10.4 Å². The summed E-state index contributed by atoms with van der Waals surface area (Å²) in [5.74, 6) is -2.13. The van der Waals surface area contributed by atoms with Gasteiger partial charge in [0.1, 0.15) is 5.82 Å². The van der Waals surface area contributed by atoms with E-state index in [4.69, 9.17) is 9.90 Å². The van der Waals surface area contributed by atoms with E-state index < -0.39 is 12.1 Å². The van der Waals surface area contributed by atoms with Crippen LogP contribution in [0.25, 0.3) is 0 Å². The van der Waals surface area contributed by atoms with Crippen LogP contribution >= 0.6 is 11.3 Å². The molecule has 0 radical (unpaired) electrons. The number of hydrogen-bond acceptors (Lipinski definition) is 6. The normalized spacial score (nSPS) is 14.2. The van der Waals surface area contributed by atoms with Crippen LogP contribution in [-0.4, -0.2) is 51.2 Å². The highest BCUT2D eigenvalue weighted by Gasteiger charge is 2.38. The van der Waals surface area contributed by atoms with Crippen LogP contribution in [0, 0.1) is 0 Å². The molecule has 2 aromatic rings. The first-order valence-electron chi connectivity index (χ1n) is 8.46. The third kappa shape index (κ3) is 6.68. The predicted octanol–water partition coefficient (Wildman–Crippen LogP) is 1.70. The Kier molecular flexibility index (Phi) is 7.51. The molecule has 0 saturated carbocycles. The zero-order chi connectivity index (χ0) is 21.6. The largest absolute Gasteiger partial charge is 0.490 e. The number of aliphatic carboxylic acids is 1. The average molecular weight is 432 g/mol. The Hall–Kier alpha value is -2.73. The van der Waals surface area contributed by atoms with Gasteiger partial charge in [-0.25, -0.2) is 9.78 Å². The summed E-state index contributed by atoms with van der Waals surface area (Å²) in [5, 5.41) is 13.6. The fourth-order valence-electron chi connectivity index (χ4n) is 2.54. The molecule has 1 amide bonds. The van der Waals surface area contributed by atoms with Crippen molar-refractivity contribution >= 4 is 23.2 Å². The molecule has 0 unspecified atom stereocenters. The Balaban J connectivity index is 0.000000370. The molecule has 0 spiro atoms. The number of aromatic nitrogens is 2. The summed E-state index contributed by atoms with van der Waals surface area (Å²) in [6.07, 6.45) is -4.14. The van der Waals surface area contributed by atoms with Gasteiger partial charge in [0.15, 0.2) is 0 Å². The summed E-state index contributed by atoms with van der Waals surface area (Å²) in [7, 11) is 2.02. The van der Waals surface area contributed by atoms with Crippen molar-refractivity contribution in [3.05, 3.63) is 50.3 Å². The van der Waals surface area contributed by atoms with Gasteiger partial charge in [0.05, 0.1) is 18.8 Å². The highest BCUT2D eigenvalue weighted by Crippen LogP contribution is 2.13. The highest BCUT2D eigenvalue weighted by molar-refractivity contribution is 7.08. The van der Waals surface area contributed by atoms with E-state index in [0.29, 0.717) is 24.3 Å². The van der Waals surface area contributed by atoms with E-state index in [1.165, 1.54) is 17.4 Å². The van der Waals surface area contributed by atoms with Crippen molar-refractivity contribution in [2.75, 3.05) is 13.6 Å². The Morgan fingerprint density at radius 1 is 1.34 bits per heavy atom. The molecule has 1 aliphatic heterocycles. The predicted molar refractivity (Wildman–Crippen MR) is 98.6 cm³/mol. The SMILES string of the molecule is CN1CCCn2c(nc(CNC(=O)c3ccsc3)cc2=O)C1.O=C(O)C(F)(F)F. The van der Waals surface area contributed by atoms with Gasteiger partial charge >= 0.3 is 12.1 Å². The summed E-state index contributed by atoms with van der Waals surface area (Å²) in [4.78, 5) is 39.7. The van der Waals surface area contributed by atoms with E-state index in [1.54, 1.807) is 16.0 Å². The summed E-state index contributed by atoms with van der Waals surface area (Å²) >= 11 is 1.48. The number of amides is 1. The summed E-state index contributed by atoms with van der Waals surface area (Å²) in [5.41, 5.74) is 1.20. The van der Waals surface area contributed by atoms with E-state index in [2.05, 4.69) is 15.2 Å². The lowest BCUT2D eigenvalue weighted by atomic mass is 10.3. The van der Waals surface area contributed by atoms with Gasteiger partial charge in [-0.3, -0.25) is 19.1 Å². The molecule has 3 rings (SSSR count). The van der Waals surface area contributed by atoms with Gasteiger partial charge in [-0.15, -0.1) is 0 Å². The Bertz CT molecular complexity index is 912. The molecule has 29 heavy (non-hydrogen) atoms. The van der Waals surface area contributed by atoms with E-state index in [9.17, 15) is 22.8 Å². The fourth-order valence-corrected chi connectivity index (χ4v) is 3.18. The second-order valence-electron chi connectivity index (χ2n) is 6.24. The zero-order valence-corrected chi connectivity index (χ0v) is 16.2. The number of carboxylic acid groups (broad SMARTS) is 1. The highest BCUT2D eigenvalue weighted by atomic mass is 32.1. The third-order valence-corrected chi connectivity index (χ3v) is 4.61. The molecular weight excluding hydrogens is 413 g/mol. The zero-order valence-electron chi connectivity index (χ0n) is 15.4. The van der Waals surface area contributed by atoms with Gasteiger partial charge in [-0.05, 0) is 24.9 Å². The van der Waals surface area contributed by atoms with Crippen molar-refractivity contribution in [1.82, 2.24) is 19.8 Å². The van der Waals surface area contributed by atoms with Gasteiger partial charge in [0, 0.05) is 30.1 Å². The monoisotopic (exact) mass is 432 g/mol. The smallest absolute Gasteiger partial charge is 0.475 e. The second-order valence-corrected chi connectivity index (χ2v) is 7.02. The number of halogens is 3. The molecule has 2 aromatic heterocycles. The molecule has 0 fully saturated rings. The topological polar surface area (TPSA) is 105 Å². The maximum atomic E-state index is 12.2. The van der Waals surface area contributed by atoms with Crippen LogP contribution in [0.5, 0.6) is 0 Å².